The van der Waals surface area contributed by atoms with Crippen molar-refractivity contribution in [2.75, 3.05) is 18.1 Å². The molecule has 0 aromatic heterocycles. The van der Waals surface area contributed by atoms with Crippen molar-refractivity contribution >= 4 is 34.7 Å². The number of anilines is 1. The van der Waals surface area contributed by atoms with E-state index in [1.165, 1.54) is 11.0 Å². The van der Waals surface area contributed by atoms with Gasteiger partial charge in [-0.2, -0.15) is 0 Å². The largest absolute Gasteiger partial charge is 0.507 e. The van der Waals surface area contributed by atoms with Crippen molar-refractivity contribution in [3.05, 3.63) is 87.4 Å². The lowest BCUT2D eigenvalue weighted by molar-refractivity contribution is -0.132. The predicted molar refractivity (Wildman–Crippen MR) is 147 cm³/mol. The SMILES string of the molecule is CCCOc1ccc(/C(O)=C2\C(=O)C(=O)N(c3cc(Cl)ccc3C)C2c2ccc(O)c(OCC)c2)cc1C. The third-order valence-corrected chi connectivity index (χ3v) is 6.62. The number of halogens is 1. The second-order valence-corrected chi connectivity index (χ2v) is 9.53. The molecule has 7 nitrogen and oxygen atoms in total. The number of benzene rings is 3. The number of ether oxygens (including phenoxy) is 2. The summed E-state index contributed by atoms with van der Waals surface area (Å²) in [6.07, 6.45) is 0.851. The number of hydrogen-bond donors (Lipinski definition) is 2. The highest BCUT2D eigenvalue weighted by Gasteiger charge is 2.47. The van der Waals surface area contributed by atoms with E-state index in [4.69, 9.17) is 21.1 Å². The van der Waals surface area contributed by atoms with Gasteiger partial charge in [-0.25, -0.2) is 0 Å². The molecular weight excluding hydrogens is 506 g/mol. The molecule has 0 saturated carbocycles. The molecule has 3 aromatic carbocycles. The third kappa shape index (κ3) is 5.07. The molecule has 38 heavy (non-hydrogen) atoms. The Kier molecular flexibility index (Phi) is 7.97. The number of amides is 1. The van der Waals surface area contributed by atoms with Crippen molar-refractivity contribution in [3.63, 3.8) is 0 Å². The summed E-state index contributed by atoms with van der Waals surface area (Å²) in [5, 5.41) is 22.2. The number of Topliss-reactive ketones (excluding diaryl/α,β-unsaturated/α-hetero) is 1. The first-order valence-corrected chi connectivity index (χ1v) is 12.8. The van der Waals surface area contributed by atoms with Crippen LogP contribution in [-0.2, 0) is 9.59 Å². The molecule has 4 rings (SSSR count). The van der Waals surface area contributed by atoms with Crippen molar-refractivity contribution in [1.29, 1.82) is 0 Å². The third-order valence-electron chi connectivity index (χ3n) is 6.38. The average Bonchev–Trinajstić information content (AvgIpc) is 3.15. The molecule has 8 heteroatoms. The van der Waals surface area contributed by atoms with Gasteiger partial charge in [-0.3, -0.25) is 14.5 Å². The monoisotopic (exact) mass is 535 g/mol. The molecule has 1 unspecified atom stereocenters. The van der Waals surface area contributed by atoms with Crippen molar-refractivity contribution in [2.24, 2.45) is 0 Å². The molecule has 1 aliphatic rings. The first-order chi connectivity index (χ1) is 18.2. The molecule has 198 valence electrons. The Balaban J connectivity index is 1.94. The number of aromatic hydroxyl groups is 1. The minimum atomic E-state index is -0.997. The Labute approximate surface area is 226 Å². The van der Waals surface area contributed by atoms with E-state index in [0.717, 1.165) is 17.5 Å². The fourth-order valence-electron chi connectivity index (χ4n) is 4.54. The highest BCUT2D eigenvalue weighted by Crippen LogP contribution is 2.45. The van der Waals surface area contributed by atoms with Gasteiger partial charge in [0.05, 0.1) is 24.8 Å². The van der Waals surface area contributed by atoms with E-state index in [2.05, 4.69) is 0 Å². The first kappa shape index (κ1) is 27.1. The van der Waals surface area contributed by atoms with E-state index < -0.39 is 17.7 Å². The number of rotatable bonds is 8. The highest BCUT2D eigenvalue weighted by molar-refractivity contribution is 6.52. The zero-order valence-corrected chi connectivity index (χ0v) is 22.5. The van der Waals surface area contributed by atoms with Crippen LogP contribution in [0.3, 0.4) is 0 Å². The molecule has 0 bridgehead atoms. The van der Waals surface area contributed by atoms with Gasteiger partial charge in [0, 0.05) is 16.3 Å². The summed E-state index contributed by atoms with van der Waals surface area (Å²) < 4.78 is 11.3. The average molecular weight is 536 g/mol. The lowest BCUT2D eigenvalue weighted by atomic mass is 9.94. The number of aliphatic hydroxyl groups is 1. The summed E-state index contributed by atoms with van der Waals surface area (Å²) in [6, 6.07) is 13.8. The molecule has 0 radical (unpaired) electrons. The van der Waals surface area contributed by atoms with Crippen molar-refractivity contribution < 1.29 is 29.3 Å². The number of hydrogen-bond acceptors (Lipinski definition) is 6. The number of phenols is 1. The second kappa shape index (κ2) is 11.2. The van der Waals surface area contributed by atoms with Crippen LogP contribution >= 0.6 is 11.6 Å². The molecule has 1 fully saturated rings. The van der Waals surface area contributed by atoms with Crippen LogP contribution in [0.15, 0.2) is 60.2 Å². The first-order valence-electron chi connectivity index (χ1n) is 12.4. The molecule has 0 spiro atoms. The van der Waals surface area contributed by atoms with Gasteiger partial charge in [0.1, 0.15) is 11.5 Å². The minimum absolute atomic E-state index is 0.0789. The number of carbonyl (C=O) groups is 2. The van der Waals surface area contributed by atoms with Crippen molar-refractivity contribution in [3.8, 4) is 17.2 Å². The molecule has 1 heterocycles. The minimum Gasteiger partial charge on any atom is -0.507 e. The lowest BCUT2D eigenvalue weighted by Crippen LogP contribution is -2.30. The van der Waals surface area contributed by atoms with Gasteiger partial charge in [-0.05, 0) is 86.3 Å². The van der Waals surface area contributed by atoms with E-state index >= 15 is 0 Å². The van der Waals surface area contributed by atoms with E-state index in [9.17, 15) is 19.8 Å². The molecule has 1 atom stereocenters. The number of nitrogens with zero attached hydrogens (tertiary/aromatic N) is 1. The lowest BCUT2D eigenvalue weighted by Gasteiger charge is -2.27. The number of ketones is 1. The van der Waals surface area contributed by atoms with E-state index in [-0.39, 0.29) is 22.8 Å². The summed E-state index contributed by atoms with van der Waals surface area (Å²) >= 11 is 6.27. The van der Waals surface area contributed by atoms with E-state index in [0.29, 0.717) is 40.8 Å². The van der Waals surface area contributed by atoms with Gasteiger partial charge >= 0.3 is 0 Å². The van der Waals surface area contributed by atoms with Crippen LogP contribution in [0.1, 0.15) is 48.6 Å². The fraction of sp³-hybridized carbons (Fsp3) is 0.267. The summed E-state index contributed by atoms with van der Waals surface area (Å²) in [4.78, 5) is 28.3. The molecule has 0 aliphatic carbocycles. The zero-order chi connectivity index (χ0) is 27.6. The van der Waals surface area contributed by atoms with Gasteiger partial charge < -0.3 is 19.7 Å². The van der Waals surface area contributed by atoms with E-state index in [1.807, 2.05) is 20.8 Å². The molecular formula is C30H30ClNO6. The Morgan fingerprint density at radius 3 is 2.39 bits per heavy atom. The van der Waals surface area contributed by atoms with Crippen molar-refractivity contribution in [1.82, 2.24) is 0 Å². The molecule has 1 aliphatic heterocycles. The topological polar surface area (TPSA) is 96.3 Å². The normalized spacial score (nSPS) is 16.7. The van der Waals surface area contributed by atoms with Gasteiger partial charge in [0.2, 0.25) is 0 Å². The van der Waals surface area contributed by atoms with Crippen LogP contribution in [0.2, 0.25) is 5.02 Å². The maximum atomic E-state index is 13.5. The van der Waals surface area contributed by atoms with Gasteiger partial charge in [-0.1, -0.05) is 30.7 Å². The molecule has 3 aromatic rings. The maximum Gasteiger partial charge on any atom is 0.300 e. The van der Waals surface area contributed by atoms with Crippen LogP contribution in [0.4, 0.5) is 5.69 Å². The second-order valence-electron chi connectivity index (χ2n) is 9.09. The Bertz CT molecular complexity index is 1430. The smallest absolute Gasteiger partial charge is 0.300 e. The summed E-state index contributed by atoms with van der Waals surface area (Å²) in [6.45, 7) is 8.31. The Morgan fingerprint density at radius 1 is 0.947 bits per heavy atom. The quantitative estimate of drug-likeness (QED) is 0.195. The van der Waals surface area contributed by atoms with Crippen LogP contribution in [0, 0.1) is 13.8 Å². The highest BCUT2D eigenvalue weighted by atomic mass is 35.5. The predicted octanol–water partition coefficient (Wildman–Crippen LogP) is 6.48. The summed E-state index contributed by atoms with van der Waals surface area (Å²) in [5.74, 6) is -1.15. The molecule has 1 saturated heterocycles. The van der Waals surface area contributed by atoms with Gasteiger partial charge in [0.15, 0.2) is 11.5 Å². The van der Waals surface area contributed by atoms with Gasteiger partial charge in [-0.15, -0.1) is 0 Å². The van der Waals surface area contributed by atoms with Crippen LogP contribution in [-0.4, -0.2) is 35.1 Å². The summed E-state index contributed by atoms with van der Waals surface area (Å²) in [5.41, 5.74) is 2.71. The standard InChI is InChI=1S/C30H30ClNO6/c1-5-13-38-24-12-9-20(14-18(24)4)28(34)26-27(19-8-11-23(33)25(15-19)37-6-2)32(30(36)29(26)35)22-16-21(31)10-7-17(22)3/h7-12,14-16,27,33-34H,5-6,13H2,1-4H3/b28-26+. The Hall–Kier alpha value is -3.97. The van der Waals surface area contributed by atoms with Crippen LogP contribution in [0.25, 0.3) is 5.76 Å². The van der Waals surface area contributed by atoms with E-state index in [1.54, 1.807) is 55.5 Å². The number of aliphatic hydroxyl groups excluding tert-OH is 1. The number of phenolic OH excluding ortho intramolecular Hbond substituents is 1. The van der Waals surface area contributed by atoms with Gasteiger partial charge in [0.25, 0.3) is 11.7 Å². The molecule has 2 N–H and O–H groups in total. The Morgan fingerprint density at radius 2 is 1.71 bits per heavy atom. The van der Waals surface area contributed by atoms with Crippen LogP contribution in [0.5, 0.6) is 17.2 Å². The molecule has 1 amide bonds. The number of aryl methyl sites for hydroxylation is 2. The van der Waals surface area contributed by atoms with Crippen molar-refractivity contribution in [2.45, 2.75) is 40.2 Å². The van der Waals surface area contributed by atoms with Crippen LogP contribution < -0.4 is 14.4 Å². The summed E-state index contributed by atoms with van der Waals surface area (Å²) in [7, 11) is 0. The number of carbonyl (C=O) groups excluding carboxylic acids is 2. The zero-order valence-electron chi connectivity index (χ0n) is 21.7. The fourth-order valence-corrected chi connectivity index (χ4v) is 4.70. The maximum absolute atomic E-state index is 13.5.